The van der Waals surface area contributed by atoms with Crippen LogP contribution < -0.4 is 0 Å². The molecule has 2 heteroatoms. The lowest BCUT2D eigenvalue weighted by molar-refractivity contribution is 0.123. The van der Waals surface area contributed by atoms with Crippen molar-refractivity contribution in [2.24, 2.45) is 5.41 Å². The van der Waals surface area contributed by atoms with E-state index >= 15 is 0 Å². The Labute approximate surface area is 87.3 Å². The van der Waals surface area contributed by atoms with Crippen LogP contribution in [0.4, 0.5) is 0 Å². The topological polar surface area (TPSA) is 23.5 Å². The van der Waals surface area contributed by atoms with Gasteiger partial charge in [0.2, 0.25) is 0 Å². The summed E-state index contributed by atoms with van der Waals surface area (Å²) in [6, 6.07) is 0. The number of aliphatic hydroxyl groups is 1. The van der Waals surface area contributed by atoms with Gasteiger partial charge in [-0.25, -0.2) is 0 Å². The van der Waals surface area contributed by atoms with Gasteiger partial charge in [0.05, 0.1) is 6.10 Å². The molecule has 0 amide bonds. The van der Waals surface area contributed by atoms with Gasteiger partial charge in [-0.3, -0.25) is 0 Å². The first-order valence-corrected chi connectivity index (χ1v) is 6.11. The van der Waals surface area contributed by atoms with Gasteiger partial charge in [0.15, 0.2) is 0 Å². The van der Waals surface area contributed by atoms with Crippen molar-refractivity contribution in [3.05, 3.63) is 0 Å². The zero-order valence-electron chi connectivity index (χ0n) is 9.34. The van der Waals surface area contributed by atoms with Crippen molar-refractivity contribution in [1.82, 2.24) is 4.90 Å². The maximum Gasteiger partial charge on any atom is 0.0639 e. The molecule has 0 unspecified atom stereocenters. The van der Waals surface area contributed by atoms with E-state index in [-0.39, 0.29) is 6.10 Å². The molecule has 1 heterocycles. The normalized spacial score (nSPS) is 29.6. The summed E-state index contributed by atoms with van der Waals surface area (Å²) in [4.78, 5) is 2.45. The second-order valence-corrected chi connectivity index (χ2v) is 5.39. The Morgan fingerprint density at radius 1 is 1.21 bits per heavy atom. The molecule has 1 spiro atoms. The highest BCUT2D eigenvalue weighted by Gasteiger charge is 2.38. The summed E-state index contributed by atoms with van der Waals surface area (Å²) in [6.45, 7) is 5.23. The summed E-state index contributed by atoms with van der Waals surface area (Å²) in [5.41, 5.74) is 0.646. The van der Waals surface area contributed by atoms with Crippen molar-refractivity contribution >= 4 is 0 Å². The maximum atomic E-state index is 9.36. The first-order chi connectivity index (χ1) is 6.70. The van der Waals surface area contributed by atoms with E-state index in [2.05, 4.69) is 4.90 Å². The van der Waals surface area contributed by atoms with Crippen LogP contribution in [0.2, 0.25) is 0 Å². The van der Waals surface area contributed by atoms with Gasteiger partial charge in [-0.2, -0.15) is 0 Å². The molecule has 0 bridgehead atoms. The summed E-state index contributed by atoms with van der Waals surface area (Å²) in [5.74, 6) is 0. The monoisotopic (exact) mass is 197 g/mol. The van der Waals surface area contributed by atoms with E-state index in [0.29, 0.717) is 5.41 Å². The molecular weight excluding hydrogens is 174 g/mol. The van der Waals surface area contributed by atoms with Gasteiger partial charge in [-0.1, -0.05) is 19.3 Å². The zero-order chi connectivity index (χ0) is 10.0. The highest BCUT2D eigenvalue weighted by atomic mass is 16.3. The number of hydrogen-bond acceptors (Lipinski definition) is 2. The molecule has 2 aliphatic rings. The van der Waals surface area contributed by atoms with E-state index in [1.165, 1.54) is 51.6 Å². The van der Waals surface area contributed by atoms with Crippen LogP contribution in [0.5, 0.6) is 0 Å². The minimum absolute atomic E-state index is 0.159. The van der Waals surface area contributed by atoms with Crippen molar-refractivity contribution in [3.8, 4) is 0 Å². The SMILES string of the molecule is C[C@@H](O)CN1CCC2(CCCCC2)C1. The third kappa shape index (κ3) is 2.29. The Morgan fingerprint density at radius 3 is 2.57 bits per heavy atom. The molecule has 1 saturated carbocycles. The fourth-order valence-electron chi connectivity index (χ4n) is 3.27. The quantitative estimate of drug-likeness (QED) is 0.732. The van der Waals surface area contributed by atoms with E-state index in [1.54, 1.807) is 0 Å². The van der Waals surface area contributed by atoms with Gasteiger partial charge in [-0.15, -0.1) is 0 Å². The summed E-state index contributed by atoms with van der Waals surface area (Å²) in [5, 5.41) is 9.36. The molecule has 1 N–H and O–H groups in total. The van der Waals surface area contributed by atoms with Crippen LogP contribution in [-0.2, 0) is 0 Å². The molecule has 2 nitrogen and oxygen atoms in total. The third-order valence-electron chi connectivity index (χ3n) is 3.95. The van der Waals surface area contributed by atoms with Crippen molar-refractivity contribution in [3.63, 3.8) is 0 Å². The molecule has 82 valence electrons. The predicted molar refractivity (Wildman–Crippen MR) is 58.3 cm³/mol. The zero-order valence-corrected chi connectivity index (χ0v) is 9.34. The van der Waals surface area contributed by atoms with Crippen LogP contribution in [0.1, 0.15) is 45.4 Å². The third-order valence-corrected chi connectivity index (χ3v) is 3.95. The van der Waals surface area contributed by atoms with Crippen LogP contribution in [-0.4, -0.2) is 35.7 Å². The average Bonchev–Trinajstić information content (AvgIpc) is 2.49. The highest BCUT2D eigenvalue weighted by Crippen LogP contribution is 2.43. The second-order valence-electron chi connectivity index (χ2n) is 5.39. The first kappa shape index (κ1) is 10.4. The predicted octanol–water partition coefficient (Wildman–Crippen LogP) is 2.02. The number of aliphatic hydroxyl groups excluding tert-OH is 1. The molecule has 14 heavy (non-hydrogen) atoms. The molecule has 0 aromatic heterocycles. The lowest BCUT2D eigenvalue weighted by Gasteiger charge is -2.33. The maximum absolute atomic E-state index is 9.36. The Morgan fingerprint density at radius 2 is 1.93 bits per heavy atom. The molecule has 0 radical (unpaired) electrons. The molecule has 1 atom stereocenters. The lowest BCUT2D eigenvalue weighted by Crippen LogP contribution is -2.33. The molecule has 2 rings (SSSR count). The smallest absolute Gasteiger partial charge is 0.0639 e. The van der Waals surface area contributed by atoms with Gasteiger partial charge in [0.25, 0.3) is 0 Å². The molecule has 1 saturated heterocycles. The number of β-amino-alcohol motifs (C(OH)–C–C–N with tert-alkyl or cyclic N) is 1. The van der Waals surface area contributed by atoms with Crippen molar-refractivity contribution in [1.29, 1.82) is 0 Å². The van der Waals surface area contributed by atoms with E-state index in [4.69, 9.17) is 0 Å². The van der Waals surface area contributed by atoms with Crippen molar-refractivity contribution < 1.29 is 5.11 Å². The standard InChI is InChI=1S/C12H23NO/c1-11(14)9-13-8-7-12(10-13)5-3-2-4-6-12/h11,14H,2-10H2,1H3/t11-/m1/s1. The van der Waals surface area contributed by atoms with E-state index in [9.17, 15) is 5.11 Å². The molecule has 0 aromatic rings. The minimum atomic E-state index is -0.159. The number of rotatable bonds is 2. The Bertz CT molecular complexity index is 185. The summed E-state index contributed by atoms with van der Waals surface area (Å²) >= 11 is 0. The summed E-state index contributed by atoms with van der Waals surface area (Å²) < 4.78 is 0. The minimum Gasteiger partial charge on any atom is -0.392 e. The highest BCUT2D eigenvalue weighted by molar-refractivity contribution is 4.91. The van der Waals surface area contributed by atoms with Gasteiger partial charge in [-0.05, 0) is 38.1 Å². The van der Waals surface area contributed by atoms with Gasteiger partial charge >= 0.3 is 0 Å². The van der Waals surface area contributed by atoms with Crippen LogP contribution in [0.15, 0.2) is 0 Å². The van der Waals surface area contributed by atoms with Crippen molar-refractivity contribution in [2.75, 3.05) is 19.6 Å². The molecule has 1 aliphatic heterocycles. The van der Waals surface area contributed by atoms with Gasteiger partial charge in [0.1, 0.15) is 0 Å². The number of likely N-dealkylation sites (tertiary alicyclic amines) is 1. The van der Waals surface area contributed by atoms with E-state index in [1.807, 2.05) is 6.92 Å². The van der Waals surface area contributed by atoms with Crippen LogP contribution >= 0.6 is 0 Å². The Hall–Kier alpha value is -0.0800. The van der Waals surface area contributed by atoms with E-state index < -0.39 is 0 Å². The van der Waals surface area contributed by atoms with Crippen LogP contribution in [0.25, 0.3) is 0 Å². The first-order valence-electron chi connectivity index (χ1n) is 6.11. The second kappa shape index (κ2) is 4.19. The molecule has 0 aromatic carbocycles. The molecule has 2 fully saturated rings. The Kier molecular flexibility index (Phi) is 3.13. The summed E-state index contributed by atoms with van der Waals surface area (Å²) in [7, 11) is 0. The van der Waals surface area contributed by atoms with Gasteiger partial charge < -0.3 is 10.0 Å². The van der Waals surface area contributed by atoms with Crippen LogP contribution in [0, 0.1) is 5.41 Å². The largest absolute Gasteiger partial charge is 0.392 e. The summed E-state index contributed by atoms with van der Waals surface area (Å²) in [6.07, 6.45) is 8.39. The average molecular weight is 197 g/mol. The van der Waals surface area contributed by atoms with Crippen molar-refractivity contribution in [2.45, 2.75) is 51.6 Å². The van der Waals surface area contributed by atoms with Crippen LogP contribution in [0.3, 0.4) is 0 Å². The molecular formula is C12H23NO. The van der Waals surface area contributed by atoms with E-state index in [0.717, 1.165) is 6.54 Å². The lowest BCUT2D eigenvalue weighted by atomic mass is 9.73. The molecule has 1 aliphatic carbocycles. The number of nitrogens with zero attached hydrogens (tertiary/aromatic N) is 1. The fourth-order valence-corrected chi connectivity index (χ4v) is 3.27. The number of hydrogen-bond donors (Lipinski definition) is 1. The Balaban J connectivity index is 1.86. The van der Waals surface area contributed by atoms with Gasteiger partial charge in [0, 0.05) is 13.1 Å². The fraction of sp³-hybridized carbons (Fsp3) is 1.00.